The highest BCUT2D eigenvalue weighted by atomic mass is 32.2. The Hall–Kier alpha value is -1.11. The predicted molar refractivity (Wildman–Crippen MR) is 83.8 cm³/mol. The summed E-state index contributed by atoms with van der Waals surface area (Å²) in [5.74, 6) is 0. The highest BCUT2D eigenvalue weighted by Crippen LogP contribution is 2.27. The topological polar surface area (TPSA) is 81.4 Å². The normalized spacial score (nSPS) is 19.1. The first-order valence-corrected chi connectivity index (χ1v) is 8.79. The van der Waals surface area contributed by atoms with Gasteiger partial charge in [0.15, 0.2) is 0 Å². The minimum absolute atomic E-state index is 0.179. The van der Waals surface area contributed by atoms with E-state index in [-0.39, 0.29) is 6.10 Å². The lowest BCUT2D eigenvalue weighted by Gasteiger charge is -2.16. The number of anilines is 1. The van der Waals surface area contributed by atoms with Crippen LogP contribution in [0, 0.1) is 20.8 Å². The van der Waals surface area contributed by atoms with Crippen LogP contribution in [0.5, 0.6) is 0 Å². The maximum atomic E-state index is 12.5. The molecule has 21 heavy (non-hydrogen) atoms. The van der Waals surface area contributed by atoms with Crippen LogP contribution in [0.4, 0.5) is 5.69 Å². The van der Waals surface area contributed by atoms with Crippen LogP contribution in [0.1, 0.15) is 36.0 Å². The third-order valence-electron chi connectivity index (χ3n) is 4.01. The van der Waals surface area contributed by atoms with Crippen LogP contribution >= 0.6 is 0 Å². The van der Waals surface area contributed by atoms with E-state index < -0.39 is 10.0 Å². The molecule has 118 valence electrons. The summed E-state index contributed by atoms with van der Waals surface area (Å²) in [6.45, 7) is 6.61. The minimum atomic E-state index is -3.54. The van der Waals surface area contributed by atoms with Gasteiger partial charge in [-0.1, -0.05) is 6.07 Å². The van der Waals surface area contributed by atoms with E-state index in [1.165, 1.54) is 0 Å². The Balaban J connectivity index is 2.14. The van der Waals surface area contributed by atoms with Crippen molar-refractivity contribution in [3.63, 3.8) is 0 Å². The van der Waals surface area contributed by atoms with Gasteiger partial charge >= 0.3 is 0 Å². The Morgan fingerprint density at radius 3 is 2.67 bits per heavy atom. The van der Waals surface area contributed by atoms with Crippen LogP contribution in [0.2, 0.25) is 0 Å². The lowest BCUT2D eigenvalue weighted by Crippen LogP contribution is -2.28. The molecule has 5 nitrogen and oxygen atoms in total. The molecule has 6 heteroatoms. The largest absolute Gasteiger partial charge is 0.398 e. The van der Waals surface area contributed by atoms with Crippen molar-refractivity contribution in [1.82, 2.24) is 4.72 Å². The highest BCUT2D eigenvalue weighted by molar-refractivity contribution is 7.89. The molecule has 0 bridgehead atoms. The van der Waals surface area contributed by atoms with Crippen LogP contribution in [-0.2, 0) is 14.8 Å². The van der Waals surface area contributed by atoms with Gasteiger partial charge in [-0.05, 0) is 56.7 Å². The van der Waals surface area contributed by atoms with Gasteiger partial charge in [0.2, 0.25) is 10.0 Å². The molecule has 1 aromatic carbocycles. The monoisotopic (exact) mass is 312 g/mol. The summed E-state index contributed by atoms with van der Waals surface area (Å²) in [5, 5.41) is 0. The zero-order valence-electron chi connectivity index (χ0n) is 12.9. The number of benzene rings is 1. The van der Waals surface area contributed by atoms with Gasteiger partial charge in [-0.15, -0.1) is 0 Å². The molecule has 1 atom stereocenters. The van der Waals surface area contributed by atoms with Crippen molar-refractivity contribution in [2.75, 3.05) is 18.9 Å². The zero-order chi connectivity index (χ0) is 15.6. The molecule has 0 radical (unpaired) electrons. The van der Waals surface area contributed by atoms with Crippen molar-refractivity contribution in [1.29, 1.82) is 0 Å². The first-order chi connectivity index (χ1) is 9.83. The molecule has 1 aromatic rings. The molecular weight excluding hydrogens is 288 g/mol. The third kappa shape index (κ3) is 3.56. The Kier molecular flexibility index (Phi) is 4.91. The Labute approximate surface area is 126 Å². The van der Waals surface area contributed by atoms with E-state index >= 15 is 0 Å². The summed E-state index contributed by atoms with van der Waals surface area (Å²) in [6.07, 6.45) is 2.96. The molecule has 0 aliphatic carbocycles. The molecule has 0 saturated carbocycles. The quantitative estimate of drug-likeness (QED) is 0.815. The number of hydrogen-bond donors (Lipinski definition) is 2. The Morgan fingerprint density at radius 1 is 1.33 bits per heavy atom. The fourth-order valence-corrected chi connectivity index (χ4v) is 4.42. The first-order valence-electron chi connectivity index (χ1n) is 7.30. The van der Waals surface area contributed by atoms with E-state index in [0.717, 1.165) is 30.6 Å². The van der Waals surface area contributed by atoms with E-state index in [2.05, 4.69) is 4.72 Å². The summed E-state index contributed by atoms with van der Waals surface area (Å²) in [7, 11) is -3.54. The summed E-state index contributed by atoms with van der Waals surface area (Å²) in [6, 6.07) is 1.82. The number of hydrogen-bond acceptors (Lipinski definition) is 4. The van der Waals surface area contributed by atoms with Crippen molar-refractivity contribution < 1.29 is 13.2 Å². The minimum Gasteiger partial charge on any atom is -0.398 e. The molecule has 1 aliphatic heterocycles. The molecule has 1 saturated heterocycles. The summed E-state index contributed by atoms with van der Waals surface area (Å²) < 4.78 is 33.2. The van der Waals surface area contributed by atoms with E-state index in [0.29, 0.717) is 29.1 Å². The van der Waals surface area contributed by atoms with E-state index in [1.54, 1.807) is 13.8 Å². The summed E-state index contributed by atoms with van der Waals surface area (Å²) in [5.41, 5.74) is 8.76. The number of nitrogens with one attached hydrogen (secondary N) is 1. The number of nitrogens with two attached hydrogens (primary N) is 1. The number of aryl methyl sites for hydroxylation is 2. The van der Waals surface area contributed by atoms with Crippen LogP contribution < -0.4 is 10.5 Å². The maximum Gasteiger partial charge on any atom is 0.241 e. The lowest BCUT2D eigenvalue weighted by atomic mass is 10.1. The number of nitrogen functional groups attached to an aromatic ring is 1. The third-order valence-corrected chi connectivity index (χ3v) is 5.76. The second-order valence-electron chi connectivity index (χ2n) is 5.70. The molecule has 1 unspecified atom stereocenters. The van der Waals surface area contributed by atoms with Crippen molar-refractivity contribution >= 4 is 15.7 Å². The van der Waals surface area contributed by atoms with Crippen LogP contribution in [-0.4, -0.2) is 27.7 Å². The molecule has 1 aliphatic rings. The van der Waals surface area contributed by atoms with Crippen LogP contribution in [0.3, 0.4) is 0 Å². The SMILES string of the molecule is Cc1cc(C)c(S(=O)(=O)NCCC2CCCO2)c(C)c1N. The molecule has 0 aromatic heterocycles. The Bertz CT molecular complexity index is 620. The molecule has 0 amide bonds. The molecule has 2 rings (SSSR count). The fraction of sp³-hybridized carbons (Fsp3) is 0.600. The summed E-state index contributed by atoms with van der Waals surface area (Å²) >= 11 is 0. The second-order valence-corrected chi connectivity index (χ2v) is 7.40. The Morgan fingerprint density at radius 2 is 2.05 bits per heavy atom. The fourth-order valence-electron chi connectivity index (χ4n) is 2.89. The first kappa shape index (κ1) is 16.3. The van der Waals surface area contributed by atoms with E-state index in [9.17, 15) is 8.42 Å². The zero-order valence-corrected chi connectivity index (χ0v) is 13.7. The van der Waals surface area contributed by atoms with Gasteiger partial charge in [-0.2, -0.15) is 0 Å². The summed E-state index contributed by atoms with van der Waals surface area (Å²) in [4.78, 5) is 0.304. The van der Waals surface area contributed by atoms with Crippen molar-refractivity contribution in [2.45, 2.75) is 51.0 Å². The van der Waals surface area contributed by atoms with Crippen molar-refractivity contribution in [3.8, 4) is 0 Å². The van der Waals surface area contributed by atoms with Crippen LogP contribution in [0.15, 0.2) is 11.0 Å². The molecule has 0 spiro atoms. The highest BCUT2D eigenvalue weighted by Gasteiger charge is 2.22. The van der Waals surface area contributed by atoms with Gasteiger partial charge in [0.05, 0.1) is 11.0 Å². The van der Waals surface area contributed by atoms with Gasteiger partial charge in [0.1, 0.15) is 0 Å². The standard InChI is InChI=1S/C15H24N2O3S/c1-10-9-11(2)15(12(3)14(10)16)21(18,19)17-7-6-13-5-4-8-20-13/h9,13,17H,4-8,16H2,1-3H3. The number of sulfonamides is 1. The number of ether oxygens (including phenoxy) is 1. The van der Waals surface area contributed by atoms with Crippen LogP contribution in [0.25, 0.3) is 0 Å². The maximum absolute atomic E-state index is 12.5. The second kappa shape index (κ2) is 6.34. The van der Waals surface area contributed by atoms with Gasteiger partial charge in [-0.25, -0.2) is 13.1 Å². The van der Waals surface area contributed by atoms with E-state index in [1.807, 2.05) is 13.0 Å². The number of rotatable bonds is 5. The van der Waals surface area contributed by atoms with E-state index in [4.69, 9.17) is 10.5 Å². The van der Waals surface area contributed by atoms with Gasteiger partial charge in [0.25, 0.3) is 0 Å². The van der Waals surface area contributed by atoms with Crippen molar-refractivity contribution in [2.24, 2.45) is 0 Å². The van der Waals surface area contributed by atoms with Crippen molar-refractivity contribution in [3.05, 3.63) is 22.8 Å². The average Bonchev–Trinajstić information content (AvgIpc) is 2.88. The predicted octanol–water partition coefficient (Wildman–Crippen LogP) is 2.04. The van der Waals surface area contributed by atoms with Gasteiger partial charge in [-0.3, -0.25) is 0 Å². The smallest absolute Gasteiger partial charge is 0.241 e. The van der Waals surface area contributed by atoms with Gasteiger partial charge < -0.3 is 10.5 Å². The molecule has 1 heterocycles. The molecule has 3 N–H and O–H groups in total. The average molecular weight is 312 g/mol. The molecular formula is C15H24N2O3S. The molecule has 1 fully saturated rings. The van der Waals surface area contributed by atoms with Gasteiger partial charge in [0, 0.05) is 18.8 Å². The lowest BCUT2D eigenvalue weighted by molar-refractivity contribution is 0.105.